The van der Waals surface area contributed by atoms with Gasteiger partial charge in [-0.25, -0.2) is 4.79 Å². The fourth-order valence-corrected chi connectivity index (χ4v) is 2.22. The van der Waals surface area contributed by atoms with Crippen LogP contribution in [0.3, 0.4) is 0 Å². The number of carbonyl (C=O) groups is 1. The van der Waals surface area contributed by atoms with Gasteiger partial charge in [0.2, 0.25) is 0 Å². The van der Waals surface area contributed by atoms with E-state index >= 15 is 0 Å². The molecule has 17 heavy (non-hydrogen) atoms. The van der Waals surface area contributed by atoms with Gasteiger partial charge >= 0.3 is 6.09 Å². The maximum atomic E-state index is 11.6. The molecule has 0 saturated heterocycles. The van der Waals surface area contributed by atoms with Gasteiger partial charge in [0.15, 0.2) is 0 Å². The molecule has 0 radical (unpaired) electrons. The predicted molar refractivity (Wildman–Crippen MR) is 78.8 cm³/mol. The molecule has 3 nitrogen and oxygen atoms in total. The van der Waals surface area contributed by atoms with E-state index in [-0.39, 0.29) is 0 Å². The van der Waals surface area contributed by atoms with Gasteiger partial charge in [0, 0.05) is 14.3 Å². The lowest BCUT2D eigenvalue weighted by molar-refractivity contribution is 0.0636. The van der Waals surface area contributed by atoms with Gasteiger partial charge in [0.1, 0.15) is 5.60 Å². The van der Waals surface area contributed by atoms with Gasteiger partial charge in [-0.2, -0.15) is 0 Å². The summed E-state index contributed by atoms with van der Waals surface area (Å²) in [5.41, 5.74) is 1.14. The van der Waals surface area contributed by atoms with E-state index in [1.165, 1.54) is 0 Å². The molecule has 0 aliphatic carbocycles. The van der Waals surface area contributed by atoms with Crippen LogP contribution in [0.4, 0.5) is 10.5 Å². The Morgan fingerprint density at radius 3 is 2.53 bits per heavy atom. The van der Waals surface area contributed by atoms with Crippen LogP contribution in [0.2, 0.25) is 5.02 Å². The molecule has 0 aliphatic heterocycles. The fourth-order valence-electron chi connectivity index (χ4n) is 1.19. The van der Waals surface area contributed by atoms with E-state index in [1.54, 1.807) is 6.07 Å². The Kier molecular flexibility index (Phi) is 4.66. The summed E-state index contributed by atoms with van der Waals surface area (Å²) in [5.74, 6) is 0. The molecule has 0 heterocycles. The van der Waals surface area contributed by atoms with Crippen LogP contribution in [0.1, 0.15) is 26.3 Å². The molecular weight excluding hydrogens is 352 g/mol. The van der Waals surface area contributed by atoms with Gasteiger partial charge in [-0.1, -0.05) is 11.6 Å². The van der Waals surface area contributed by atoms with Gasteiger partial charge < -0.3 is 4.74 Å². The topological polar surface area (TPSA) is 38.3 Å². The van der Waals surface area contributed by atoms with E-state index < -0.39 is 11.7 Å². The van der Waals surface area contributed by atoms with Gasteiger partial charge in [-0.15, -0.1) is 0 Å². The van der Waals surface area contributed by atoms with E-state index in [1.807, 2.05) is 33.8 Å². The quantitative estimate of drug-likeness (QED) is 0.737. The second-order valence-electron chi connectivity index (χ2n) is 4.69. The van der Waals surface area contributed by atoms with Crippen molar-refractivity contribution in [3.05, 3.63) is 26.3 Å². The summed E-state index contributed by atoms with van der Waals surface area (Å²) in [6.07, 6.45) is -0.473. The average Bonchev–Trinajstić information content (AvgIpc) is 2.10. The molecule has 5 heteroatoms. The fraction of sp³-hybridized carbons (Fsp3) is 0.417. The highest BCUT2D eigenvalue weighted by Crippen LogP contribution is 2.26. The standard InChI is InChI=1S/C12H15ClINO2/c1-7-9(14)5-8(13)6-10(7)15-11(16)17-12(2,3)4/h5-6H,1-4H3,(H,15,16). The third kappa shape index (κ3) is 4.71. The number of benzene rings is 1. The maximum absolute atomic E-state index is 11.6. The van der Waals surface area contributed by atoms with E-state index in [0.29, 0.717) is 10.7 Å². The lowest BCUT2D eigenvalue weighted by Gasteiger charge is -2.20. The van der Waals surface area contributed by atoms with Crippen molar-refractivity contribution in [2.45, 2.75) is 33.3 Å². The minimum atomic E-state index is -0.510. The highest BCUT2D eigenvalue weighted by molar-refractivity contribution is 14.1. The molecule has 0 bridgehead atoms. The van der Waals surface area contributed by atoms with Crippen LogP contribution in [0.25, 0.3) is 0 Å². The molecule has 0 spiro atoms. The molecular formula is C12H15ClINO2. The van der Waals surface area contributed by atoms with Crippen molar-refractivity contribution in [1.29, 1.82) is 0 Å². The number of ether oxygens (including phenoxy) is 1. The first-order valence-corrected chi connectivity index (χ1v) is 6.60. The first-order chi connectivity index (χ1) is 7.69. The van der Waals surface area contributed by atoms with Gasteiger partial charge in [0.25, 0.3) is 0 Å². The second kappa shape index (κ2) is 5.44. The van der Waals surface area contributed by atoms with E-state index in [0.717, 1.165) is 9.13 Å². The first kappa shape index (κ1) is 14.6. The summed E-state index contributed by atoms with van der Waals surface area (Å²) in [5, 5.41) is 3.29. The summed E-state index contributed by atoms with van der Waals surface area (Å²) >= 11 is 8.12. The average molecular weight is 368 g/mol. The SMILES string of the molecule is Cc1c(I)cc(Cl)cc1NC(=O)OC(C)(C)C. The van der Waals surface area contributed by atoms with Crippen molar-refractivity contribution in [1.82, 2.24) is 0 Å². The monoisotopic (exact) mass is 367 g/mol. The first-order valence-electron chi connectivity index (χ1n) is 5.15. The van der Waals surface area contributed by atoms with Gasteiger partial charge in [0.05, 0.1) is 0 Å². The summed E-state index contributed by atoms with van der Waals surface area (Å²) in [4.78, 5) is 11.6. The number of hydrogen-bond acceptors (Lipinski definition) is 2. The summed E-state index contributed by atoms with van der Waals surface area (Å²) < 4.78 is 6.18. The van der Waals surface area contributed by atoms with Crippen molar-refractivity contribution in [3.63, 3.8) is 0 Å². The number of nitrogens with one attached hydrogen (secondary N) is 1. The highest BCUT2D eigenvalue weighted by Gasteiger charge is 2.17. The van der Waals surface area contributed by atoms with E-state index in [4.69, 9.17) is 16.3 Å². The van der Waals surface area contributed by atoms with Crippen LogP contribution in [-0.4, -0.2) is 11.7 Å². The normalized spacial score (nSPS) is 11.2. The number of rotatable bonds is 1. The zero-order valence-corrected chi connectivity index (χ0v) is 13.1. The Bertz CT molecular complexity index is 441. The molecule has 0 unspecified atom stereocenters. The maximum Gasteiger partial charge on any atom is 0.412 e. The Morgan fingerprint density at radius 1 is 1.41 bits per heavy atom. The Balaban J connectivity index is 2.85. The number of hydrogen-bond donors (Lipinski definition) is 1. The number of amides is 1. The van der Waals surface area contributed by atoms with Crippen LogP contribution in [0, 0.1) is 10.5 Å². The largest absolute Gasteiger partial charge is 0.444 e. The molecule has 0 saturated carbocycles. The van der Waals surface area contributed by atoms with Crippen LogP contribution in [0.15, 0.2) is 12.1 Å². The number of carbonyl (C=O) groups excluding carboxylic acids is 1. The Morgan fingerprint density at radius 2 is 2.00 bits per heavy atom. The summed E-state index contributed by atoms with van der Waals surface area (Å²) in [6, 6.07) is 3.56. The van der Waals surface area contributed by atoms with Crippen LogP contribution in [-0.2, 0) is 4.74 Å². The molecule has 1 aromatic rings. The third-order valence-electron chi connectivity index (χ3n) is 1.94. The highest BCUT2D eigenvalue weighted by atomic mass is 127. The zero-order valence-electron chi connectivity index (χ0n) is 10.2. The second-order valence-corrected chi connectivity index (χ2v) is 6.29. The van der Waals surface area contributed by atoms with Crippen LogP contribution < -0.4 is 5.32 Å². The molecule has 1 N–H and O–H groups in total. The van der Waals surface area contributed by atoms with Crippen LogP contribution >= 0.6 is 34.2 Å². The predicted octanol–water partition coefficient (Wildman–Crippen LogP) is 4.60. The molecule has 1 aromatic carbocycles. The summed E-state index contributed by atoms with van der Waals surface area (Å²) in [7, 11) is 0. The minimum Gasteiger partial charge on any atom is -0.444 e. The molecule has 1 rings (SSSR count). The van der Waals surface area contributed by atoms with Gasteiger partial charge in [-0.05, 0) is 68.0 Å². The van der Waals surface area contributed by atoms with Crippen molar-refractivity contribution >= 4 is 46.0 Å². The molecule has 0 aromatic heterocycles. The van der Waals surface area contributed by atoms with Crippen molar-refractivity contribution in [2.75, 3.05) is 5.32 Å². The lowest BCUT2D eigenvalue weighted by Crippen LogP contribution is -2.27. The number of halogens is 2. The zero-order chi connectivity index (χ0) is 13.2. The Hall–Kier alpha value is -0.490. The Labute approximate surface area is 120 Å². The van der Waals surface area contributed by atoms with E-state index in [9.17, 15) is 4.79 Å². The van der Waals surface area contributed by atoms with Crippen molar-refractivity contribution < 1.29 is 9.53 Å². The van der Waals surface area contributed by atoms with Crippen LogP contribution in [0.5, 0.6) is 0 Å². The lowest BCUT2D eigenvalue weighted by atomic mass is 10.2. The van der Waals surface area contributed by atoms with Crippen molar-refractivity contribution in [2.24, 2.45) is 0 Å². The molecule has 0 atom stereocenters. The molecule has 94 valence electrons. The molecule has 1 amide bonds. The van der Waals surface area contributed by atoms with Crippen molar-refractivity contribution in [3.8, 4) is 0 Å². The molecule has 0 fully saturated rings. The molecule has 0 aliphatic rings. The smallest absolute Gasteiger partial charge is 0.412 e. The minimum absolute atomic E-state index is 0.473. The van der Waals surface area contributed by atoms with Gasteiger partial charge in [-0.3, -0.25) is 5.32 Å². The number of anilines is 1. The van der Waals surface area contributed by atoms with E-state index in [2.05, 4.69) is 27.9 Å². The summed E-state index contributed by atoms with van der Waals surface area (Å²) in [6.45, 7) is 7.38. The third-order valence-corrected chi connectivity index (χ3v) is 3.28.